The first-order valence-electron chi connectivity index (χ1n) is 12.4. The molecule has 40 heavy (non-hydrogen) atoms. The Morgan fingerprint density at radius 1 is 0.900 bits per heavy atom. The highest BCUT2D eigenvalue weighted by molar-refractivity contribution is 5.76. The number of rotatable bonds is 9. The largest absolute Gasteiger partial charge is 0.394 e. The summed E-state index contributed by atoms with van der Waals surface area (Å²) in [5.74, 6) is -1.03. The van der Waals surface area contributed by atoms with E-state index in [1.54, 1.807) is 0 Å². The normalized spacial score (nSPS) is 47.4. The summed E-state index contributed by atoms with van der Waals surface area (Å²) in [6.07, 6.45) is -17.3. The van der Waals surface area contributed by atoms with Gasteiger partial charge in [-0.1, -0.05) is 0 Å². The van der Waals surface area contributed by atoms with Crippen LogP contribution in [-0.2, 0) is 23.7 Å². The van der Waals surface area contributed by atoms with E-state index in [9.17, 15) is 40.5 Å². The number of aliphatic hydroxyl groups excluding tert-OH is 6. The zero-order chi connectivity index (χ0) is 30.1. The molecular weight excluding hydrogens is 542 g/mol. The fourth-order valence-corrected chi connectivity index (χ4v) is 5.08. The number of guanidine groups is 2. The number of ether oxygens (including phenoxy) is 4. The summed E-state index contributed by atoms with van der Waals surface area (Å²) in [5.41, 5.74) is 19.4. The monoisotopic (exact) mass is 581 g/mol. The molecule has 1 saturated carbocycles. The Kier molecular flexibility index (Phi) is 10.2. The van der Waals surface area contributed by atoms with Crippen LogP contribution in [0.3, 0.4) is 0 Å². The van der Waals surface area contributed by atoms with E-state index in [1.165, 1.54) is 14.0 Å². The zero-order valence-electron chi connectivity index (χ0n) is 21.7. The van der Waals surface area contributed by atoms with Crippen molar-refractivity contribution < 1.29 is 59.5 Å². The van der Waals surface area contributed by atoms with Crippen molar-refractivity contribution >= 4 is 18.2 Å². The van der Waals surface area contributed by atoms with Crippen LogP contribution in [0.25, 0.3) is 0 Å². The van der Waals surface area contributed by atoms with Crippen LogP contribution in [0.4, 0.5) is 0 Å². The summed E-state index contributed by atoms with van der Waals surface area (Å²) in [5, 5.41) is 76.6. The molecule has 3 rings (SSSR count). The Morgan fingerprint density at radius 3 is 2.02 bits per heavy atom. The van der Waals surface area contributed by atoms with Gasteiger partial charge in [0.15, 0.2) is 36.4 Å². The zero-order valence-corrected chi connectivity index (χ0v) is 21.7. The molecule has 0 aromatic heterocycles. The van der Waals surface area contributed by atoms with Crippen molar-refractivity contribution in [3.63, 3.8) is 0 Å². The van der Waals surface area contributed by atoms with E-state index in [4.69, 9.17) is 41.9 Å². The van der Waals surface area contributed by atoms with Gasteiger partial charge in [-0.15, -0.1) is 0 Å². The minimum atomic E-state index is -2.38. The summed E-state index contributed by atoms with van der Waals surface area (Å²) < 4.78 is 22.9. The molecule has 0 amide bonds. The summed E-state index contributed by atoms with van der Waals surface area (Å²) in [7, 11) is 1.42. The second-order valence-electron chi connectivity index (χ2n) is 9.89. The van der Waals surface area contributed by atoms with Gasteiger partial charge < -0.3 is 82.9 Å². The molecule has 0 spiro atoms. The molecule has 3 aliphatic rings. The van der Waals surface area contributed by atoms with Gasteiger partial charge in [0.1, 0.15) is 60.9 Å². The lowest BCUT2D eigenvalue weighted by Crippen LogP contribution is -2.66. The van der Waals surface area contributed by atoms with Gasteiger partial charge in [0, 0.05) is 0 Å². The smallest absolute Gasteiger partial charge is 0.188 e. The minimum absolute atomic E-state index is 0.140. The average Bonchev–Trinajstić information content (AvgIpc) is 3.13. The maximum Gasteiger partial charge on any atom is 0.188 e. The molecule has 230 valence electrons. The first kappa shape index (κ1) is 32.2. The molecule has 19 heteroatoms. The Balaban J connectivity index is 1.96. The third-order valence-corrected chi connectivity index (χ3v) is 7.34. The molecule has 0 radical (unpaired) electrons. The molecule has 16 N–H and O–H groups in total. The van der Waals surface area contributed by atoms with E-state index >= 15 is 0 Å². The van der Waals surface area contributed by atoms with E-state index in [1.807, 2.05) is 0 Å². The van der Waals surface area contributed by atoms with Gasteiger partial charge >= 0.3 is 0 Å². The van der Waals surface area contributed by atoms with Crippen molar-refractivity contribution in [3.8, 4) is 0 Å². The minimum Gasteiger partial charge on any atom is -0.394 e. The number of aliphatic hydroxyl groups is 7. The molecule has 3 unspecified atom stereocenters. The second-order valence-corrected chi connectivity index (χ2v) is 9.89. The topological polar surface area (TPSA) is 336 Å². The molecule has 2 heterocycles. The van der Waals surface area contributed by atoms with Crippen molar-refractivity contribution in [3.05, 3.63) is 0 Å². The molecular formula is C21H39N7O12. The molecule has 2 aliphatic heterocycles. The van der Waals surface area contributed by atoms with Gasteiger partial charge in [-0.25, -0.2) is 9.98 Å². The van der Waals surface area contributed by atoms with Crippen LogP contribution in [0.1, 0.15) is 6.92 Å². The predicted molar refractivity (Wildman–Crippen MR) is 133 cm³/mol. The fourth-order valence-electron chi connectivity index (χ4n) is 5.08. The van der Waals surface area contributed by atoms with Gasteiger partial charge in [0.2, 0.25) is 0 Å². The van der Waals surface area contributed by atoms with Crippen LogP contribution in [0.5, 0.6) is 0 Å². The molecule has 1 aliphatic carbocycles. The molecule has 0 aromatic rings. The molecule has 3 fully saturated rings. The second kappa shape index (κ2) is 12.7. The maximum atomic E-state index is 12.1. The van der Waals surface area contributed by atoms with Crippen molar-refractivity contribution in [2.75, 3.05) is 13.7 Å². The summed E-state index contributed by atoms with van der Waals surface area (Å²) >= 11 is 0. The third kappa shape index (κ3) is 6.00. The predicted octanol–water partition coefficient (Wildman–Crippen LogP) is -8.16. The summed E-state index contributed by atoms with van der Waals surface area (Å²) in [6, 6.07) is -4.08. The van der Waals surface area contributed by atoms with Crippen molar-refractivity contribution in [2.24, 2.45) is 32.9 Å². The van der Waals surface area contributed by atoms with E-state index < -0.39 is 110 Å². The van der Waals surface area contributed by atoms with Gasteiger partial charge in [-0.05, 0) is 14.0 Å². The average molecular weight is 582 g/mol. The number of likely N-dealkylation sites (N-methyl/N-ethyl adjacent to an activating group) is 1. The lowest BCUT2D eigenvalue weighted by atomic mass is 9.81. The number of hydrogen-bond acceptors (Lipinski definition) is 15. The Morgan fingerprint density at radius 2 is 1.50 bits per heavy atom. The lowest BCUT2D eigenvalue weighted by molar-refractivity contribution is -0.314. The SMILES string of the molecule is CN[C@@H]1[C@@H](O[C@H]2[C@H](O[C@@H]3C(O)[C@@H](O)C(N=C(N)N)[C@H](O)[C@H]3N=C(N)N)O[C@@H](C)[C@]2(O)C=O)O[C@H](CO)C(O)[C@@H]1O. The van der Waals surface area contributed by atoms with Gasteiger partial charge in [0.05, 0.1) is 18.8 Å². The van der Waals surface area contributed by atoms with Crippen LogP contribution in [0.2, 0.25) is 0 Å². The van der Waals surface area contributed by atoms with Crippen LogP contribution < -0.4 is 28.3 Å². The van der Waals surface area contributed by atoms with Gasteiger partial charge in [0.25, 0.3) is 0 Å². The highest BCUT2D eigenvalue weighted by Gasteiger charge is 2.60. The quantitative estimate of drug-likeness (QED) is 0.0682. The van der Waals surface area contributed by atoms with Crippen molar-refractivity contribution in [2.45, 2.75) is 98.2 Å². The van der Waals surface area contributed by atoms with Crippen LogP contribution in [0, 0.1) is 0 Å². The Hall–Kier alpha value is -2.27. The van der Waals surface area contributed by atoms with Crippen LogP contribution in [0.15, 0.2) is 9.98 Å². The number of hydrogen-bond donors (Lipinski definition) is 12. The molecule has 0 bridgehead atoms. The Labute approximate surface area is 228 Å². The van der Waals surface area contributed by atoms with E-state index in [2.05, 4.69) is 15.3 Å². The number of carbonyl (C=O) groups is 1. The van der Waals surface area contributed by atoms with Gasteiger partial charge in [-0.2, -0.15) is 0 Å². The summed E-state index contributed by atoms with van der Waals surface area (Å²) in [4.78, 5) is 19.7. The molecule has 19 nitrogen and oxygen atoms in total. The van der Waals surface area contributed by atoms with Gasteiger partial charge in [-0.3, -0.25) is 4.79 Å². The van der Waals surface area contributed by atoms with Crippen molar-refractivity contribution in [1.82, 2.24) is 5.32 Å². The van der Waals surface area contributed by atoms with E-state index in [-0.39, 0.29) is 6.29 Å². The first-order chi connectivity index (χ1) is 18.7. The van der Waals surface area contributed by atoms with Crippen LogP contribution >= 0.6 is 0 Å². The fraction of sp³-hybridized carbons (Fsp3) is 0.857. The highest BCUT2D eigenvalue weighted by Crippen LogP contribution is 2.38. The maximum absolute atomic E-state index is 12.1. The number of aldehydes is 1. The number of nitrogens with one attached hydrogen (secondary N) is 1. The van der Waals surface area contributed by atoms with E-state index in [0.717, 1.165) is 0 Å². The standard InChI is InChI=1S/C21H39N7O12/c1-5-21(36,4-30)16(40-17-9(26-2)13(34)10(31)6(3-29)38-17)18(37-5)39-15-8(28-20(24)25)11(32)7(27-19(22)23)12(33)14(15)35/h4-18,26,29,31-36H,3H2,1-2H3,(H4,22,23,27)(H4,24,25,28)/t5-,6+,7?,8+,9-,10?,11-,12-,13+,14?,15-,16-,17+,18-,21+/m0/s1. The number of aliphatic imine (C=N–C) groups is 2. The molecule has 15 atom stereocenters. The number of nitrogens with two attached hydrogens (primary N) is 4. The highest BCUT2D eigenvalue weighted by atomic mass is 16.8. The lowest BCUT2D eigenvalue weighted by Gasteiger charge is -2.45. The Bertz CT molecular complexity index is 940. The third-order valence-electron chi connectivity index (χ3n) is 7.34. The molecule has 0 aromatic carbocycles. The first-order valence-corrected chi connectivity index (χ1v) is 12.4. The van der Waals surface area contributed by atoms with E-state index in [0.29, 0.717) is 0 Å². The molecule has 2 saturated heterocycles. The van der Waals surface area contributed by atoms with Crippen LogP contribution in [-0.4, -0.2) is 159 Å². The number of carbonyl (C=O) groups excluding carboxylic acids is 1. The number of nitrogens with zero attached hydrogens (tertiary/aromatic N) is 2. The van der Waals surface area contributed by atoms with Crippen molar-refractivity contribution in [1.29, 1.82) is 0 Å². The summed E-state index contributed by atoms with van der Waals surface area (Å²) in [6.45, 7) is 0.620.